The molecular formula is C11H19N3O. The summed E-state index contributed by atoms with van der Waals surface area (Å²) in [5, 5.41) is 13.9. The maximum Gasteiger partial charge on any atom is 0.0693 e. The Bertz CT molecular complexity index is 323. The zero-order chi connectivity index (χ0) is 10.8. The average Bonchev–Trinajstić information content (AvgIpc) is 2.58. The summed E-state index contributed by atoms with van der Waals surface area (Å²) in [6, 6.07) is 0. The number of nitrogens with zero attached hydrogens (tertiary/aromatic N) is 3. The summed E-state index contributed by atoms with van der Waals surface area (Å²) >= 11 is 0. The summed E-state index contributed by atoms with van der Waals surface area (Å²) in [5.41, 5.74) is 1.22. The van der Waals surface area contributed by atoms with Gasteiger partial charge in [-0.2, -0.15) is 5.10 Å². The van der Waals surface area contributed by atoms with Crippen LogP contribution in [0.5, 0.6) is 0 Å². The molecule has 2 unspecified atom stereocenters. The van der Waals surface area contributed by atoms with Gasteiger partial charge in [0.1, 0.15) is 0 Å². The van der Waals surface area contributed by atoms with Crippen LogP contribution >= 0.6 is 0 Å². The minimum Gasteiger partial charge on any atom is -0.392 e. The van der Waals surface area contributed by atoms with Crippen LogP contribution in [0.4, 0.5) is 0 Å². The molecule has 4 nitrogen and oxygen atoms in total. The van der Waals surface area contributed by atoms with Crippen LogP contribution in [0.2, 0.25) is 0 Å². The first-order valence-electron chi connectivity index (χ1n) is 5.53. The SMILES string of the molecule is CC1CCN(Cc2cnn(C)c2)CC1O. The van der Waals surface area contributed by atoms with E-state index in [0.717, 1.165) is 26.1 Å². The highest BCUT2D eigenvalue weighted by Crippen LogP contribution is 2.18. The zero-order valence-electron chi connectivity index (χ0n) is 9.43. The van der Waals surface area contributed by atoms with E-state index in [4.69, 9.17) is 0 Å². The summed E-state index contributed by atoms with van der Waals surface area (Å²) < 4.78 is 1.82. The van der Waals surface area contributed by atoms with Crippen molar-refractivity contribution >= 4 is 0 Å². The molecule has 1 aromatic heterocycles. The van der Waals surface area contributed by atoms with Gasteiger partial charge in [0.15, 0.2) is 0 Å². The molecule has 1 aliphatic rings. The first-order valence-corrected chi connectivity index (χ1v) is 5.53. The number of rotatable bonds is 2. The molecule has 1 saturated heterocycles. The predicted octanol–water partition coefficient (Wildman–Crippen LogP) is 0.623. The maximum atomic E-state index is 9.77. The van der Waals surface area contributed by atoms with Crippen molar-refractivity contribution < 1.29 is 5.11 Å². The molecule has 0 amide bonds. The van der Waals surface area contributed by atoms with E-state index in [9.17, 15) is 5.11 Å². The number of aliphatic hydroxyl groups is 1. The second-order valence-corrected chi connectivity index (χ2v) is 4.59. The number of hydrogen-bond donors (Lipinski definition) is 1. The molecule has 1 aliphatic heterocycles. The summed E-state index contributed by atoms with van der Waals surface area (Å²) in [6.45, 7) is 4.88. The highest BCUT2D eigenvalue weighted by atomic mass is 16.3. The molecule has 0 aromatic carbocycles. The summed E-state index contributed by atoms with van der Waals surface area (Å²) in [6.07, 6.45) is 4.84. The molecule has 2 heterocycles. The number of piperidine rings is 1. The van der Waals surface area contributed by atoms with E-state index in [-0.39, 0.29) is 6.10 Å². The fourth-order valence-electron chi connectivity index (χ4n) is 2.07. The monoisotopic (exact) mass is 209 g/mol. The largest absolute Gasteiger partial charge is 0.392 e. The van der Waals surface area contributed by atoms with Crippen LogP contribution in [0.15, 0.2) is 12.4 Å². The number of β-amino-alcohol motifs (C(OH)–C–C–N with tert-alkyl or cyclic N) is 1. The van der Waals surface area contributed by atoms with Gasteiger partial charge >= 0.3 is 0 Å². The van der Waals surface area contributed by atoms with E-state index in [1.807, 2.05) is 24.1 Å². The first-order chi connectivity index (χ1) is 7.15. The van der Waals surface area contributed by atoms with Crippen molar-refractivity contribution in [2.45, 2.75) is 26.0 Å². The van der Waals surface area contributed by atoms with E-state index < -0.39 is 0 Å². The maximum absolute atomic E-state index is 9.77. The average molecular weight is 209 g/mol. The van der Waals surface area contributed by atoms with Crippen LogP contribution in [-0.2, 0) is 13.6 Å². The van der Waals surface area contributed by atoms with Gasteiger partial charge in [-0.1, -0.05) is 6.92 Å². The molecule has 1 fully saturated rings. The topological polar surface area (TPSA) is 41.3 Å². The molecule has 0 saturated carbocycles. The molecule has 84 valence electrons. The molecule has 2 atom stereocenters. The number of hydrogen-bond acceptors (Lipinski definition) is 3. The molecule has 0 aliphatic carbocycles. The number of aliphatic hydroxyl groups excluding tert-OH is 1. The Kier molecular flexibility index (Phi) is 3.07. The molecule has 1 aromatic rings. The second-order valence-electron chi connectivity index (χ2n) is 4.59. The molecule has 2 rings (SSSR count). The Labute approximate surface area is 90.5 Å². The third-order valence-electron chi connectivity index (χ3n) is 3.17. The van der Waals surface area contributed by atoms with Gasteiger partial charge in [0.05, 0.1) is 12.3 Å². The van der Waals surface area contributed by atoms with Gasteiger partial charge in [-0.15, -0.1) is 0 Å². The lowest BCUT2D eigenvalue weighted by atomic mass is 9.96. The van der Waals surface area contributed by atoms with Crippen LogP contribution in [0.25, 0.3) is 0 Å². The van der Waals surface area contributed by atoms with Gasteiger partial charge < -0.3 is 5.11 Å². The lowest BCUT2D eigenvalue weighted by molar-refractivity contribution is 0.0259. The van der Waals surface area contributed by atoms with Gasteiger partial charge in [0.25, 0.3) is 0 Å². The van der Waals surface area contributed by atoms with Crippen molar-refractivity contribution in [1.82, 2.24) is 14.7 Å². The van der Waals surface area contributed by atoms with Crippen LogP contribution in [0, 0.1) is 5.92 Å². The Balaban J connectivity index is 1.90. The highest BCUT2D eigenvalue weighted by molar-refractivity contribution is 5.03. The third kappa shape index (κ3) is 2.58. The number of likely N-dealkylation sites (tertiary alicyclic amines) is 1. The molecule has 0 spiro atoms. The van der Waals surface area contributed by atoms with Gasteiger partial charge in [-0.3, -0.25) is 9.58 Å². The molecule has 1 N–H and O–H groups in total. The second kappa shape index (κ2) is 4.33. The van der Waals surface area contributed by atoms with E-state index in [0.29, 0.717) is 5.92 Å². The highest BCUT2D eigenvalue weighted by Gasteiger charge is 2.24. The van der Waals surface area contributed by atoms with Crippen molar-refractivity contribution in [3.63, 3.8) is 0 Å². The van der Waals surface area contributed by atoms with Gasteiger partial charge in [0, 0.05) is 31.9 Å². The first kappa shape index (κ1) is 10.6. The minimum atomic E-state index is -0.171. The summed E-state index contributed by atoms with van der Waals surface area (Å²) in [4.78, 5) is 2.29. The van der Waals surface area contributed by atoms with Crippen molar-refractivity contribution in [1.29, 1.82) is 0 Å². The number of aromatic nitrogens is 2. The standard InChI is InChI=1S/C11H19N3O/c1-9-3-4-14(8-11(9)15)7-10-5-12-13(2)6-10/h5-6,9,11,15H,3-4,7-8H2,1-2H3. The third-order valence-corrected chi connectivity index (χ3v) is 3.17. The van der Waals surface area contributed by atoms with Crippen LogP contribution in [0.3, 0.4) is 0 Å². The Hall–Kier alpha value is -0.870. The smallest absolute Gasteiger partial charge is 0.0693 e. The van der Waals surface area contributed by atoms with Gasteiger partial charge in [-0.25, -0.2) is 0 Å². The molecule has 15 heavy (non-hydrogen) atoms. The van der Waals surface area contributed by atoms with Gasteiger partial charge in [0.2, 0.25) is 0 Å². The molecule has 4 heteroatoms. The normalized spacial score (nSPS) is 28.2. The Morgan fingerprint density at radius 1 is 1.60 bits per heavy atom. The van der Waals surface area contributed by atoms with E-state index >= 15 is 0 Å². The fraction of sp³-hybridized carbons (Fsp3) is 0.727. The number of aryl methyl sites for hydroxylation is 1. The van der Waals surface area contributed by atoms with Crippen LogP contribution < -0.4 is 0 Å². The van der Waals surface area contributed by atoms with Gasteiger partial charge in [-0.05, 0) is 18.9 Å². The van der Waals surface area contributed by atoms with Crippen molar-refractivity contribution in [2.24, 2.45) is 13.0 Å². The van der Waals surface area contributed by atoms with Crippen molar-refractivity contribution in [3.05, 3.63) is 18.0 Å². The van der Waals surface area contributed by atoms with E-state index in [1.54, 1.807) is 0 Å². The van der Waals surface area contributed by atoms with Crippen LogP contribution in [-0.4, -0.2) is 39.0 Å². The van der Waals surface area contributed by atoms with Crippen LogP contribution in [0.1, 0.15) is 18.9 Å². The molecular weight excluding hydrogens is 190 g/mol. The Morgan fingerprint density at radius 3 is 3.00 bits per heavy atom. The van der Waals surface area contributed by atoms with Crippen molar-refractivity contribution in [2.75, 3.05) is 13.1 Å². The lowest BCUT2D eigenvalue weighted by Gasteiger charge is -2.33. The van der Waals surface area contributed by atoms with E-state index in [1.165, 1.54) is 5.56 Å². The predicted molar refractivity (Wildman–Crippen MR) is 58.3 cm³/mol. The lowest BCUT2D eigenvalue weighted by Crippen LogP contribution is -2.42. The molecule has 0 bridgehead atoms. The zero-order valence-corrected chi connectivity index (χ0v) is 9.43. The minimum absolute atomic E-state index is 0.171. The Morgan fingerprint density at radius 2 is 2.40 bits per heavy atom. The summed E-state index contributed by atoms with van der Waals surface area (Å²) in [7, 11) is 1.93. The summed E-state index contributed by atoms with van der Waals surface area (Å²) in [5.74, 6) is 0.440. The fourth-order valence-corrected chi connectivity index (χ4v) is 2.07. The molecule has 0 radical (unpaired) electrons. The van der Waals surface area contributed by atoms with Crippen molar-refractivity contribution in [3.8, 4) is 0 Å². The quantitative estimate of drug-likeness (QED) is 0.776. The van der Waals surface area contributed by atoms with E-state index in [2.05, 4.69) is 16.9 Å².